The quantitative estimate of drug-likeness (QED) is 0.918. The van der Waals surface area contributed by atoms with E-state index < -0.39 is 0 Å². The summed E-state index contributed by atoms with van der Waals surface area (Å²) >= 11 is 4.24. The zero-order chi connectivity index (χ0) is 13.8. The number of hydrogen-bond donors (Lipinski definition) is 1. The van der Waals surface area contributed by atoms with Crippen LogP contribution in [0.25, 0.3) is 0 Å². The Hall–Kier alpha value is -0.320. The lowest BCUT2D eigenvalue weighted by atomic mass is 9.87. The smallest absolute Gasteiger partial charge is 0.119 e. The van der Waals surface area contributed by atoms with E-state index in [0.29, 0.717) is 6.04 Å². The van der Waals surface area contributed by atoms with Gasteiger partial charge in [0, 0.05) is 35.1 Å². The maximum atomic E-state index is 5.34. The van der Waals surface area contributed by atoms with Gasteiger partial charge in [-0.25, -0.2) is 0 Å². The van der Waals surface area contributed by atoms with Gasteiger partial charge in [0.2, 0.25) is 0 Å². The molecule has 2 nitrogen and oxygen atoms in total. The Kier molecular flexibility index (Phi) is 5.19. The van der Waals surface area contributed by atoms with Gasteiger partial charge in [0.05, 0.1) is 7.11 Å². The number of thioether (sulfide) groups is 2. The van der Waals surface area contributed by atoms with Crippen LogP contribution in [0.5, 0.6) is 5.75 Å². The van der Waals surface area contributed by atoms with Crippen LogP contribution < -0.4 is 10.1 Å². The Balaban J connectivity index is 1.63. The molecule has 110 valence electrons. The maximum absolute atomic E-state index is 5.34. The summed E-state index contributed by atoms with van der Waals surface area (Å²) in [6.45, 7) is 1.15. The molecule has 0 saturated carbocycles. The molecule has 1 saturated heterocycles. The van der Waals surface area contributed by atoms with Crippen LogP contribution in [0, 0.1) is 0 Å². The van der Waals surface area contributed by atoms with E-state index in [2.05, 4.69) is 47.0 Å². The topological polar surface area (TPSA) is 21.3 Å². The van der Waals surface area contributed by atoms with Crippen molar-refractivity contribution < 1.29 is 4.74 Å². The maximum Gasteiger partial charge on any atom is 0.119 e. The fourth-order valence-electron chi connectivity index (χ4n) is 3.06. The summed E-state index contributed by atoms with van der Waals surface area (Å²) in [6, 6.07) is 7.11. The van der Waals surface area contributed by atoms with E-state index in [1.54, 1.807) is 7.11 Å². The second-order valence-corrected chi connectivity index (χ2v) is 8.04. The Labute approximate surface area is 130 Å². The van der Waals surface area contributed by atoms with Crippen molar-refractivity contribution in [3.8, 4) is 5.75 Å². The molecule has 2 aliphatic rings. The van der Waals surface area contributed by atoms with Crippen LogP contribution in [0.4, 0.5) is 0 Å². The first-order valence-corrected chi connectivity index (χ1v) is 9.66. The van der Waals surface area contributed by atoms with Gasteiger partial charge in [0.25, 0.3) is 0 Å². The SMILES string of the molecule is COc1ccc2c(c1)CCCC2NCC1CSCCS1. The standard InChI is InChI=1S/C16H23NOS2/c1-18-13-5-6-15-12(9-13)3-2-4-16(15)17-10-14-11-19-7-8-20-14/h5-6,9,14,16-17H,2-4,7-8,10-11H2,1H3. The zero-order valence-corrected chi connectivity index (χ0v) is 13.7. The molecule has 2 unspecified atom stereocenters. The molecule has 2 atom stereocenters. The molecule has 1 fully saturated rings. The van der Waals surface area contributed by atoms with E-state index in [0.717, 1.165) is 17.5 Å². The molecule has 1 N–H and O–H groups in total. The van der Waals surface area contributed by atoms with Gasteiger partial charge < -0.3 is 10.1 Å². The van der Waals surface area contributed by atoms with Gasteiger partial charge in [-0.05, 0) is 42.5 Å². The number of hydrogen-bond acceptors (Lipinski definition) is 4. The molecule has 0 amide bonds. The second kappa shape index (κ2) is 7.10. The third-order valence-corrected chi connectivity index (χ3v) is 6.99. The summed E-state index contributed by atoms with van der Waals surface area (Å²) in [5.41, 5.74) is 2.96. The second-order valence-electron chi connectivity index (χ2n) is 5.49. The van der Waals surface area contributed by atoms with Gasteiger partial charge in [-0.15, -0.1) is 0 Å². The number of methoxy groups -OCH3 is 1. The van der Waals surface area contributed by atoms with Crippen molar-refractivity contribution >= 4 is 23.5 Å². The third-order valence-electron chi connectivity index (χ3n) is 4.14. The number of fused-ring (bicyclic) bond motifs is 1. The Bertz CT molecular complexity index is 446. The summed E-state index contributed by atoms with van der Waals surface area (Å²) in [7, 11) is 1.75. The molecule has 0 aromatic heterocycles. The Morgan fingerprint density at radius 2 is 2.30 bits per heavy atom. The minimum atomic E-state index is 0.539. The molecule has 3 rings (SSSR count). The number of nitrogens with one attached hydrogen (secondary N) is 1. The number of aryl methyl sites for hydroxylation is 1. The summed E-state index contributed by atoms with van der Waals surface area (Å²) in [6.07, 6.45) is 3.74. The predicted octanol–water partition coefficient (Wildman–Crippen LogP) is 3.51. The highest BCUT2D eigenvalue weighted by molar-refractivity contribution is 8.06. The van der Waals surface area contributed by atoms with Crippen LogP contribution in [0.1, 0.15) is 30.0 Å². The number of benzene rings is 1. The average molecular weight is 310 g/mol. The molecule has 1 aromatic carbocycles. The molecular formula is C16H23NOS2. The van der Waals surface area contributed by atoms with Crippen LogP contribution >= 0.6 is 23.5 Å². The molecule has 0 spiro atoms. The molecule has 0 bridgehead atoms. The summed E-state index contributed by atoms with van der Waals surface area (Å²) in [5.74, 6) is 4.94. The molecule has 1 aliphatic carbocycles. The van der Waals surface area contributed by atoms with Gasteiger partial charge in [0.1, 0.15) is 5.75 Å². The van der Waals surface area contributed by atoms with Crippen molar-refractivity contribution in [3.63, 3.8) is 0 Å². The highest BCUT2D eigenvalue weighted by Crippen LogP contribution is 2.32. The van der Waals surface area contributed by atoms with Gasteiger partial charge in [-0.3, -0.25) is 0 Å². The van der Waals surface area contributed by atoms with Crippen molar-refractivity contribution in [1.82, 2.24) is 5.32 Å². The molecule has 4 heteroatoms. The molecule has 20 heavy (non-hydrogen) atoms. The van der Waals surface area contributed by atoms with Crippen LogP contribution in [-0.4, -0.2) is 36.2 Å². The number of ether oxygens (including phenoxy) is 1. The van der Waals surface area contributed by atoms with Gasteiger partial charge in [-0.1, -0.05) is 6.07 Å². The minimum absolute atomic E-state index is 0.539. The Morgan fingerprint density at radius 1 is 1.35 bits per heavy atom. The van der Waals surface area contributed by atoms with E-state index in [1.807, 2.05) is 0 Å². The van der Waals surface area contributed by atoms with E-state index in [9.17, 15) is 0 Å². The van der Waals surface area contributed by atoms with Crippen LogP contribution in [-0.2, 0) is 6.42 Å². The molecule has 0 radical (unpaired) electrons. The van der Waals surface area contributed by atoms with E-state index in [-0.39, 0.29) is 0 Å². The molecule has 1 aliphatic heterocycles. The largest absolute Gasteiger partial charge is 0.497 e. The lowest BCUT2D eigenvalue weighted by molar-refractivity contribution is 0.411. The lowest BCUT2D eigenvalue weighted by Crippen LogP contribution is -2.33. The van der Waals surface area contributed by atoms with Gasteiger partial charge >= 0.3 is 0 Å². The predicted molar refractivity (Wildman–Crippen MR) is 90.2 cm³/mol. The average Bonchev–Trinajstić information content (AvgIpc) is 2.53. The van der Waals surface area contributed by atoms with Crippen molar-refractivity contribution in [1.29, 1.82) is 0 Å². The summed E-state index contributed by atoms with van der Waals surface area (Å²) in [4.78, 5) is 0. The highest BCUT2D eigenvalue weighted by Gasteiger charge is 2.22. The molecule has 1 aromatic rings. The fourth-order valence-corrected chi connectivity index (χ4v) is 5.68. The van der Waals surface area contributed by atoms with E-state index in [1.165, 1.54) is 47.6 Å². The lowest BCUT2D eigenvalue weighted by Gasteiger charge is -2.29. The van der Waals surface area contributed by atoms with E-state index >= 15 is 0 Å². The van der Waals surface area contributed by atoms with Crippen molar-refractivity contribution in [2.75, 3.05) is 30.9 Å². The number of rotatable bonds is 4. The normalized spacial score (nSPS) is 26.1. The van der Waals surface area contributed by atoms with Gasteiger partial charge in [0.15, 0.2) is 0 Å². The van der Waals surface area contributed by atoms with Crippen molar-refractivity contribution in [2.45, 2.75) is 30.6 Å². The van der Waals surface area contributed by atoms with Crippen molar-refractivity contribution in [3.05, 3.63) is 29.3 Å². The first-order chi connectivity index (χ1) is 9.86. The fraction of sp³-hybridized carbons (Fsp3) is 0.625. The van der Waals surface area contributed by atoms with Crippen LogP contribution in [0.2, 0.25) is 0 Å². The van der Waals surface area contributed by atoms with E-state index in [4.69, 9.17) is 4.74 Å². The van der Waals surface area contributed by atoms with Crippen molar-refractivity contribution in [2.24, 2.45) is 0 Å². The third kappa shape index (κ3) is 3.46. The first kappa shape index (κ1) is 14.6. The minimum Gasteiger partial charge on any atom is -0.497 e. The summed E-state index contributed by atoms with van der Waals surface area (Å²) < 4.78 is 5.34. The Morgan fingerprint density at radius 3 is 3.10 bits per heavy atom. The van der Waals surface area contributed by atoms with Crippen LogP contribution in [0.15, 0.2) is 18.2 Å². The monoisotopic (exact) mass is 309 g/mol. The van der Waals surface area contributed by atoms with Gasteiger partial charge in [-0.2, -0.15) is 23.5 Å². The first-order valence-electron chi connectivity index (χ1n) is 7.46. The highest BCUT2D eigenvalue weighted by atomic mass is 32.2. The van der Waals surface area contributed by atoms with Crippen LogP contribution in [0.3, 0.4) is 0 Å². The zero-order valence-electron chi connectivity index (χ0n) is 12.1. The summed E-state index contributed by atoms with van der Waals surface area (Å²) in [5, 5.41) is 4.60. The molecule has 1 heterocycles. The molecular weight excluding hydrogens is 286 g/mol.